The molecule has 1 aliphatic heterocycles. The molecule has 0 bridgehead atoms. The Labute approximate surface area is 101 Å². The van der Waals surface area contributed by atoms with Gasteiger partial charge in [0.15, 0.2) is 0 Å². The summed E-state index contributed by atoms with van der Waals surface area (Å²) >= 11 is 0. The maximum atomic E-state index is 12.0. The first-order valence-electron chi connectivity index (χ1n) is 6.17. The number of hydrogen-bond acceptors (Lipinski definition) is 2. The summed E-state index contributed by atoms with van der Waals surface area (Å²) in [7, 11) is 0. The lowest BCUT2D eigenvalue weighted by atomic mass is 10.1. The second-order valence-electron chi connectivity index (χ2n) is 4.40. The molecule has 0 spiro atoms. The second kappa shape index (κ2) is 5.62. The summed E-state index contributed by atoms with van der Waals surface area (Å²) in [5.74, 6) is -0.731. The molecule has 17 heavy (non-hydrogen) atoms. The zero-order valence-electron chi connectivity index (χ0n) is 9.89. The number of nitrogens with zero attached hydrogens (tertiary/aromatic N) is 1. The summed E-state index contributed by atoms with van der Waals surface area (Å²) in [6.45, 7) is 1.44. The highest BCUT2D eigenvalue weighted by atomic mass is 16.2. The maximum Gasteiger partial charge on any atom is 0.294 e. The number of carbonyl (C=O) groups is 2. The fraction of sp³-hybridized carbons (Fsp3) is 0.429. The molecule has 2 rings (SSSR count). The fourth-order valence-corrected chi connectivity index (χ4v) is 2.13. The minimum absolute atomic E-state index is 0.349. The van der Waals surface area contributed by atoms with E-state index in [0.717, 1.165) is 38.8 Å². The van der Waals surface area contributed by atoms with Gasteiger partial charge in [-0.2, -0.15) is 0 Å². The van der Waals surface area contributed by atoms with Crippen LogP contribution in [-0.2, 0) is 4.79 Å². The van der Waals surface area contributed by atoms with Crippen LogP contribution in [0.1, 0.15) is 36.0 Å². The first kappa shape index (κ1) is 11.8. The molecule has 0 radical (unpaired) electrons. The quantitative estimate of drug-likeness (QED) is 0.578. The molecule has 1 fully saturated rings. The highest BCUT2D eigenvalue weighted by Gasteiger charge is 2.23. The number of Topliss-reactive ketones (excluding diaryl/α,β-unsaturated/α-hetero) is 1. The van der Waals surface area contributed by atoms with Crippen LogP contribution in [0.3, 0.4) is 0 Å². The predicted molar refractivity (Wildman–Crippen MR) is 65.8 cm³/mol. The van der Waals surface area contributed by atoms with Gasteiger partial charge in [0.1, 0.15) is 0 Å². The molecule has 0 unspecified atom stereocenters. The van der Waals surface area contributed by atoms with E-state index in [1.807, 2.05) is 6.07 Å². The summed E-state index contributed by atoms with van der Waals surface area (Å²) in [5, 5.41) is 0. The van der Waals surface area contributed by atoms with Gasteiger partial charge in [-0.1, -0.05) is 43.2 Å². The molecule has 1 saturated heterocycles. The van der Waals surface area contributed by atoms with Gasteiger partial charge < -0.3 is 4.90 Å². The van der Waals surface area contributed by atoms with Crippen LogP contribution >= 0.6 is 0 Å². The van der Waals surface area contributed by atoms with E-state index in [2.05, 4.69) is 0 Å². The van der Waals surface area contributed by atoms with Crippen molar-refractivity contribution in [2.24, 2.45) is 0 Å². The maximum absolute atomic E-state index is 12.0. The first-order valence-corrected chi connectivity index (χ1v) is 6.17. The van der Waals surface area contributed by atoms with Crippen molar-refractivity contribution in [1.29, 1.82) is 0 Å². The zero-order chi connectivity index (χ0) is 12.1. The summed E-state index contributed by atoms with van der Waals surface area (Å²) in [6.07, 6.45) is 4.33. The molecule has 3 heteroatoms. The SMILES string of the molecule is O=C(C(=O)N1CCCCCC1)c1ccccc1. The van der Waals surface area contributed by atoms with Crippen molar-refractivity contribution < 1.29 is 9.59 Å². The van der Waals surface area contributed by atoms with E-state index in [1.54, 1.807) is 29.2 Å². The van der Waals surface area contributed by atoms with E-state index < -0.39 is 0 Å². The lowest BCUT2D eigenvalue weighted by molar-refractivity contribution is -0.126. The molecular formula is C14H17NO2. The van der Waals surface area contributed by atoms with Crippen LogP contribution < -0.4 is 0 Å². The number of amides is 1. The van der Waals surface area contributed by atoms with Gasteiger partial charge in [0.2, 0.25) is 5.78 Å². The Morgan fingerprint density at radius 3 is 2.06 bits per heavy atom. The van der Waals surface area contributed by atoms with E-state index >= 15 is 0 Å². The van der Waals surface area contributed by atoms with Crippen molar-refractivity contribution in [2.45, 2.75) is 25.7 Å². The average Bonchev–Trinajstić information content (AvgIpc) is 2.67. The Hall–Kier alpha value is -1.64. The second-order valence-corrected chi connectivity index (χ2v) is 4.40. The summed E-state index contributed by atoms with van der Waals surface area (Å²) in [5.41, 5.74) is 0.488. The Morgan fingerprint density at radius 2 is 1.47 bits per heavy atom. The van der Waals surface area contributed by atoms with Crippen molar-refractivity contribution in [1.82, 2.24) is 4.90 Å². The smallest absolute Gasteiger partial charge is 0.294 e. The lowest BCUT2D eigenvalue weighted by Crippen LogP contribution is -2.37. The molecule has 90 valence electrons. The molecular weight excluding hydrogens is 214 g/mol. The molecule has 1 aliphatic rings. The minimum atomic E-state index is -0.382. The third-order valence-corrected chi connectivity index (χ3v) is 3.12. The highest BCUT2D eigenvalue weighted by Crippen LogP contribution is 2.11. The van der Waals surface area contributed by atoms with E-state index in [1.165, 1.54) is 0 Å². The van der Waals surface area contributed by atoms with Crippen molar-refractivity contribution in [3.63, 3.8) is 0 Å². The number of rotatable bonds is 2. The molecule has 0 aromatic heterocycles. The van der Waals surface area contributed by atoms with Gasteiger partial charge in [-0.3, -0.25) is 9.59 Å². The predicted octanol–water partition coefficient (Wildman–Crippen LogP) is 2.27. The Kier molecular flexibility index (Phi) is 3.91. The highest BCUT2D eigenvalue weighted by molar-refractivity contribution is 6.42. The van der Waals surface area contributed by atoms with Gasteiger partial charge in [-0.25, -0.2) is 0 Å². The molecule has 0 N–H and O–H groups in total. The third kappa shape index (κ3) is 2.93. The molecule has 0 saturated carbocycles. The number of likely N-dealkylation sites (tertiary alicyclic amines) is 1. The average molecular weight is 231 g/mol. The van der Waals surface area contributed by atoms with Gasteiger partial charge >= 0.3 is 0 Å². The molecule has 3 nitrogen and oxygen atoms in total. The van der Waals surface area contributed by atoms with Crippen molar-refractivity contribution in [2.75, 3.05) is 13.1 Å². The molecule has 1 aromatic carbocycles. The Balaban J connectivity index is 2.06. The number of ketones is 1. The lowest BCUT2D eigenvalue weighted by Gasteiger charge is -2.19. The van der Waals surface area contributed by atoms with Crippen LogP contribution in [0.5, 0.6) is 0 Å². The van der Waals surface area contributed by atoms with Crippen molar-refractivity contribution >= 4 is 11.7 Å². The molecule has 0 atom stereocenters. The van der Waals surface area contributed by atoms with Crippen LogP contribution in [-0.4, -0.2) is 29.7 Å². The molecule has 0 aliphatic carbocycles. The number of benzene rings is 1. The number of carbonyl (C=O) groups excluding carboxylic acids is 2. The monoisotopic (exact) mass is 231 g/mol. The van der Waals surface area contributed by atoms with Crippen molar-refractivity contribution in [3.05, 3.63) is 35.9 Å². The van der Waals surface area contributed by atoms with Crippen LogP contribution in [0.15, 0.2) is 30.3 Å². The standard InChI is InChI=1S/C14H17NO2/c16-13(12-8-4-3-5-9-12)14(17)15-10-6-1-2-7-11-15/h3-5,8-9H,1-2,6-7,10-11H2. The van der Waals surface area contributed by atoms with E-state index in [9.17, 15) is 9.59 Å². The molecule has 1 aromatic rings. The Bertz CT molecular complexity index is 392. The first-order chi connectivity index (χ1) is 8.29. The number of hydrogen-bond donors (Lipinski definition) is 0. The van der Waals surface area contributed by atoms with Gasteiger partial charge in [-0.05, 0) is 12.8 Å². The summed E-state index contributed by atoms with van der Waals surface area (Å²) < 4.78 is 0. The van der Waals surface area contributed by atoms with Crippen molar-refractivity contribution in [3.8, 4) is 0 Å². The molecule has 1 heterocycles. The fourth-order valence-electron chi connectivity index (χ4n) is 2.13. The topological polar surface area (TPSA) is 37.4 Å². The van der Waals surface area contributed by atoms with Gasteiger partial charge in [0, 0.05) is 18.7 Å². The zero-order valence-corrected chi connectivity index (χ0v) is 9.89. The van der Waals surface area contributed by atoms with E-state index in [4.69, 9.17) is 0 Å². The van der Waals surface area contributed by atoms with Gasteiger partial charge in [0.25, 0.3) is 5.91 Å². The summed E-state index contributed by atoms with van der Waals surface area (Å²) in [4.78, 5) is 25.7. The Morgan fingerprint density at radius 1 is 0.882 bits per heavy atom. The van der Waals surface area contributed by atoms with Crippen LogP contribution in [0.4, 0.5) is 0 Å². The normalized spacial score (nSPS) is 16.4. The van der Waals surface area contributed by atoms with Crippen LogP contribution in [0, 0.1) is 0 Å². The van der Waals surface area contributed by atoms with Crippen LogP contribution in [0.2, 0.25) is 0 Å². The van der Waals surface area contributed by atoms with Crippen LogP contribution in [0.25, 0.3) is 0 Å². The third-order valence-electron chi connectivity index (χ3n) is 3.12. The van der Waals surface area contributed by atoms with E-state index in [0.29, 0.717) is 5.56 Å². The van der Waals surface area contributed by atoms with E-state index in [-0.39, 0.29) is 11.7 Å². The minimum Gasteiger partial charge on any atom is -0.336 e. The molecule has 1 amide bonds. The van der Waals surface area contributed by atoms with Gasteiger partial charge in [-0.15, -0.1) is 0 Å². The summed E-state index contributed by atoms with van der Waals surface area (Å²) in [6, 6.07) is 8.79. The van der Waals surface area contributed by atoms with Gasteiger partial charge in [0.05, 0.1) is 0 Å². The largest absolute Gasteiger partial charge is 0.336 e.